The maximum Gasteiger partial charge on any atom is 0.211 e. The zero-order valence-electron chi connectivity index (χ0n) is 15.3. The second kappa shape index (κ2) is 9.07. The molecule has 0 saturated carbocycles. The van der Waals surface area contributed by atoms with Gasteiger partial charge in [0.25, 0.3) is 0 Å². The third-order valence-electron chi connectivity index (χ3n) is 3.98. The molecule has 0 aliphatic carbocycles. The van der Waals surface area contributed by atoms with Gasteiger partial charge >= 0.3 is 0 Å². The van der Waals surface area contributed by atoms with Crippen molar-refractivity contribution in [3.8, 4) is 0 Å². The van der Waals surface area contributed by atoms with Gasteiger partial charge < -0.3 is 0 Å². The molecule has 0 heterocycles. The molecule has 0 fully saturated rings. The van der Waals surface area contributed by atoms with Gasteiger partial charge in [-0.1, -0.05) is 54.2 Å². The summed E-state index contributed by atoms with van der Waals surface area (Å²) in [7, 11) is 0.115. The van der Waals surface area contributed by atoms with E-state index < -0.39 is 0 Å². The zero-order chi connectivity index (χ0) is 19.2. The van der Waals surface area contributed by atoms with Crippen molar-refractivity contribution in [3.63, 3.8) is 0 Å². The van der Waals surface area contributed by atoms with Gasteiger partial charge in [0.2, 0.25) is 5.78 Å². The van der Waals surface area contributed by atoms with Crippen molar-refractivity contribution < 1.29 is 9.59 Å². The minimum Gasteiger partial charge on any atom is -0.289 e. The van der Waals surface area contributed by atoms with Crippen LogP contribution in [0.15, 0.2) is 88.7 Å². The Morgan fingerprint density at radius 1 is 0.704 bits per heavy atom. The van der Waals surface area contributed by atoms with Crippen molar-refractivity contribution in [3.05, 3.63) is 95.6 Å². The molecule has 0 radical (unpaired) electrons. The van der Waals surface area contributed by atoms with Crippen LogP contribution in [0.25, 0.3) is 0 Å². The molecule has 0 unspecified atom stereocenters. The van der Waals surface area contributed by atoms with Crippen LogP contribution in [-0.2, 0) is 10.9 Å². The fourth-order valence-electron chi connectivity index (χ4n) is 2.62. The van der Waals surface area contributed by atoms with Crippen molar-refractivity contribution in [1.29, 1.82) is 0 Å². The molecule has 4 heteroatoms. The van der Waals surface area contributed by atoms with Crippen molar-refractivity contribution >= 4 is 34.2 Å². The van der Waals surface area contributed by atoms with Gasteiger partial charge in [-0.25, -0.2) is 0 Å². The summed E-state index contributed by atoms with van der Waals surface area (Å²) in [6, 6.07) is 24.7. The Kier molecular flexibility index (Phi) is 6.54. The van der Waals surface area contributed by atoms with Crippen LogP contribution < -0.4 is 0 Å². The molecule has 3 rings (SSSR count). The topological polar surface area (TPSA) is 34.1 Å². The standard InChI is InChI=1S/C23H21O2S2/c1-27(2)16-22(24)17-8-12-20(13-9-17)26-21-14-10-19(11-15-21)23(25)18-6-4-3-5-7-18/h3-15H,16H2,1-2H3/q+1. The lowest BCUT2D eigenvalue weighted by molar-refractivity contribution is 0.101. The Labute approximate surface area is 167 Å². The van der Waals surface area contributed by atoms with Crippen LogP contribution >= 0.6 is 11.8 Å². The molecule has 0 saturated heterocycles. The van der Waals surface area contributed by atoms with Crippen LogP contribution in [-0.4, -0.2) is 29.8 Å². The summed E-state index contributed by atoms with van der Waals surface area (Å²) in [6.07, 6.45) is 4.16. The first-order valence-electron chi connectivity index (χ1n) is 8.58. The van der Waals surface area contributed by atoms with Crippen LogP contribution in [0.1, 0.15) is 26.3 Å². The van der Waals surface area contributed by atoms with E-state index >= 15 is 0 Å². The number of carbonyl (C=O) groups excluding carboxylic acids is 2. The Balaban J connectivity index is 1.66. The Hall–Kier alpha value is -2.30. The summed E-state index contributed by atoms with van der Waals surface area (Å²) in [5, 5.41) is 0. The monoisotopic (exact) mass is 393 g/mol. The van der Waals surface area contributed by atoms with Gasteiger partial charge in [-0.15, -0.1) is 0 Å². The van der Waals surface area contributed by atoms with E-state index in [2.05, 4.69) is 12.5 Å². The highest BCUT2D eigenvalue weighted by Crippen LogP contribution is 2.28. The fourth-order valence-corrected chi connectivity index (χ4v) is 4.13. The smallest absolute Gasteiger partial charge is 0.211 e. The number of hydrogen-bond acceptors (Lipinski definition) is 3. The third kappa shape index (κ3) is 5.34. The zero-order valence-corrected chi connectivity index (χ0v) is 17.0. The molecular weight excluding hydrogens is 372 g/mol. The van der Waals surface area contributed by atoms with E-state index in [0.29, 0.717) is 16.9 Å². The van der Waals surface area contributed by atoms with E-state index in [1.54, 1.807) is 11.8 Å². The lowest BCUT2D eigenvalue weighted by atomic mass is 10.0. The molecule has 0 atom stereocenters. The molecule has 136 valence electrons. The maximum absolute atomic E-state index is 12.5. The van der Waals surface area contributed by atoms with E-state index in [1.807, 2.05) is 78.9 Å². The highest BCUT2D eigenvalue weighted by molar-refractivity contribution is 7.99. The molecule has 0 N–H and O–H groups in total. The van der Waals surface area contributed by atoms with Crippen LogP contribution in [0.5, 0.6) is 0 Å². The minimum absolute atomic E-state index is 0.0286. The van der Waals surface area contributed by atoms with Gasteiger partial charge in [-0.3, -0.25) is 9.59 Å². The van der Waals surface area contributed by atoms with Gasteiger partial charge in [0.1, 0.15) is 0 Å². The molecular formula is C23H21O2S2+. The average Bonchev–Trinajstić information content (AvgIpc) is 2.69. The number of hydrogen-bond donors (Lipinski definition) is 0. The molecule has 2 nitrogen and oxygen atoms in total. The normalized spacial score (nSPS) is 10.8. The Morgan fingerprint density at radius 2 is 1.19 bits per heavy atom. The first-order valence-corrected chi connectivity index (χ1v) is 11.6. The first kappa shape index (κ1) is 19.5. The Morgan fingerprint density at radius 3 is 1.70 bits per heavy atom. The summed E-state index contributed by atoms with van der Waals surface area (Å²) in [5.74, 6) is 0.827. The van der Waals surface area contributed by atoms with Crippen LogP contribution in [0.4, 0.5) is 0 Å². The summed E-state index contributed by atoms with van der Waals surface area (Å²) in [5.41, 5.74) is 2.14. The van der Waals surface area contributed by atoms with Crippen LogP contribution in [0.2, 0.25) is 0 Å². The van der Waals surface area contributed by atoms with Crippen molar-refractivity contribution in [1.82, 2.24) is 0 Å². The maximum atomic E-state index is 12.5. The summed E-state index contributed by atoms with van der Waals surface area (Å²) in [4.78, 5) is 26.7. The SMILES string of the molecule is C[S+](C)CC(=O)c1ccc(Sc2ccc(C(=O)c3ccccc3)cc2)cc1. The highest BCUT2D eigenvalue weighted by atomic mass is 32.2. The van der Waals surface area contributed by atoms with E-state index in [-0.39, 0.29) is 22.5 Å². The number of ketones is 2. The van der Waals surface area contributed by atoms with E-state index in [0.717, 1.165) is 15.4 Å². The minimum atomic E-state index is 0.0286. The largest absolute Gasteiger partial charge is 0.289 e. The predicted octanol–water partition coefficient (Wildman–Crippen LogP) is 5.13. The molecule has 0 aliphatic heterocycles. The van der Waals surface area contributed by atoms with Gasteiger partial charge in [-0.05, 0) is 47.3 Å². The lowest BCUT2D eigenvalue weighted by Gasteiger charge is -2.05. The molecule has 27 heavy (non-hydrogen) atoms. The molecule has 0 spiro atoms. The van der Waals surface area contributed by atoms with Gasteiger partial charge in [-0.2, -0.15) is 0 Å². The van der Waals surface area contributed by atoms with Gasteiger partial charge in [0, 0.05) is 26.5 Å². The number of benzene rings is 3. The van der Waals surface area contributed by atoms with E-state index in [1.165, 1.54) is 0 Å². The van der Waals surface area contributed by atoms with E-state index in [4.69, 9.17) is 0 Å². The average molecular weight is 394 g/mol. The van der Waals surface area contributed by atoms with Crippen molar-refractivity contribution in [2.45, 2.75) is 9.79 Å². The fraction of sp³-hybridized carbons (Fsp3) is 0.130. The van der Waals surface area contributed by atoms with E-state index in [9.17, 15) is 9.59 Å². The van der Waals surface area contributed by atoms with Crippen LogP contribution in [0.3, 0.4) is 0 Å². The highest BCUT2D eigenvalue weighted by Gasteiger charge is 2.14. The van der Waals surface area contributed by atoms with Gasteiger partial charge in [0.15, 0.2) is 11.5 Å². The molecule has 3 aromatic rings. The first-order chi connectivity index (χ1) is 13.0. The molecule has 0 aromatic heterocycles. The molecule has 0 amide bonds. The van der Waals surface area contributed by atoms with Crippen molar-refractivity contribution in [2.24, 2.45) is 0 Å². The summed E-state index contributed by atoms with van der Waals surface area (Å²) in [6.45, 7) is 0. The molecule has 3 aromatic carbocycles. The van der Waals surface area contributed by atoms with Gasteiger partial charge in [0.05, 0.1) is 12.5 Å². The second-order valence-electron chi connectivity index (χ2n) is 6.40. The summed E-state index contributed by atoms with van der Waals surface area (Å²) < 4.78 is 0. The number of Topliss-reactive ketones (excluding diaryl/α,β-unsaturated/α-hetero) is 1. The summed E-state index contributed by atoms with van der Waals surface area (Å²) >= 11 is 1.62. The second-order valence-corrected chi connectivity index (χ2v) is 9.81. The van der Waals surface area contributed by atoms with Crippen LogP contribution in [0, 0.1) is 0 Å². The quantitative estimate of drug-likeness (QED) is 0.412. The lowest BCUT2D eigenvalue weighted by Crippen LogP contribution is -2.13. The molecule has 0 bridgehead atoms. The number of carbonyl (C=O) groups is 2. The third-order valence-corrected chi connectivity index (χ3v) is 5.84. The Bertz CT molecular complexity index is 915. The number of rotatable bonds is 7. The molecule has 0 aliphatic rings. The predicted molar refractivity (Wildman–Crippen MR) is 115 cm³/mol. The van der Waals surface area contributed by atoms with Crippen molar-refractivity contribution in [2.75, 3.05) is 18.3 Å².